The Balaban J connectivity index is 2.34. The number of benzene rings is 1. The summed E-state index contributed by atoms with van der Waals surface area (Å²) >= 11 is 0. The van der Waals surface area contributed by atoms with Gasteiger partial charge in [-0.25, -0.2) is 0 Å². The minimum absolute atomic E-state index is 0.695. The molecule has 1 aromatic rings. The van der Waals surface area contributed by atoms with Crippen LogP contribution < -0.4 is 4.74 Å². The summed E-state index contributed by atoms with van der Waals surface area (Å²) in [7, 11) is 0. The van der Waals surface area contributed by atoms with Gasteiger partial charge in [0.25, 0.3) is 0 Å². The maximum Gasteiger partial charge on any atom is 0.119 e. The van der Waals surface area contributed by atoms with Gasteiger partial charge in [-0.15, -0.1) is 0 Å². The van der Waals surface area contributed by atoms with Gasteiger partial charge in [-0.3, -0.25) is 0 Å². The summed E-state index contributed by atoms with van der Waals surface area (Å²) in [6.45, 7) is 5.27. The highest BCUT2D eigenvalue weighted by atomic mass is 16.5. The second kappa shape index (κ2) is 5.63. The highest BCUT2D eigenvalue weighted by Gasteiger charge is 2.03. The number of para-hydroxylation sites is 1. The molecule has 0 unspecified atom stereocenters. The van der Waals surface area contributed by atoms with E-state index in [2.05, 4.69) is 13.8 Å². The monoisotopic (exact) mass is 178 g/mol. The van der Waals surface area contributed by atoms with Crippen LogP contribution in [-0.4, -0.2) is 6.61 Å². The van der Waals surface area contributed by atoms with Crippen molar-refractivity contribution in [2.75, 3.05) is 6.61 Å². The van der Waals surface area contributed by atoms with Crippen LogP contribution in [0.2, 0.25) is 0 Å². The molecular formula is C12H18O. The summed E-state index contributed by atoms with van der Waals surface area (Å²) in [5, 5.41) is 0. The Morgan fingerprint density at radius 3 is 2.23 bits per heavy atom. The normalized spacial score (nSPS) is 10.4. The fraction of sp³-hybridized carbons (Fsp3) is 0.500. The van der Waals surface area contributed by atoms with Crippen molar-refractivity contribution in [1.29, 1.82) is 0 Å². The van der Waals surface area contributed by atoms with Crippen molar-refractivity contribution in [1.82, 2.24) is 0 Å². The molecule has 0 fully saturated rings. The van der Waals surface area contributed by atoms with E-state index >= 15 is 0 Å². The summed E-state index contributed by atoms with van der Waals surface area (Å²) in [6.07, 6.45) is 2.40. The van der Waals surface area contributed by atoms with Crippen LogP contribution in [0, 0.1) is 5.92 Å². The Morgan fingerprint density at radius 2 is 1.69 bits per heavy atom. The first-order valence-electron chi connectivity index (χ1n) is 5.04. The van der Waals surface area contributed by atoms with Gasteiger partial charge in [0, 0.05) is 0 Å². The molecule has 0 bridgehead atoms. The Labute approximate surface area is 80.7 Å². The van der Waals surface area contributed by atoms with Crippen molar-refractivity contribution < 1.29 is 4.74 Å². The van der Waals surface area contributed by atoms with Gasteiger partial charge in [0.15, 0.2) is 0 Å². The predicted molar refractivity (Wildman–Crippen MR) is 56.0 cm³/mol. The molecule has 0 N–H and O–H groups in total. The number of hydrogen-bond acceptors (Lipinski definition) is 1. The minimum atomic E-state index is 0.695. The van der Waals surface area contributed by atoms with E-state index in [0.29, 0.717) is 5.92 Å². The smallest absolute Gasteiger partial charge is 0.119 e. The third kappa shape index (κ3) is 3.49. The fourth-order valence-electron chi connectivity index (χ4n) is 1.26. The van der Waals surface area contributed by atoms with E-state index in [1.807, 2.05) is 30.3 Å². The van der Waals surface area contributed by atoms with E-state index in [0.717, 1.165) is 12.4 Å². The van der Waals surface area contributed by atoms with Gasteiger partial charge in [0.1, 0.15) is 5.75 Å². The Bertz CT molecular complexity index is 214. The molecule has 13 heavy (non-hydrogen) atoms. The lowest BCUT2D eigenvalue weighted by Gasteiger charge is -2.13. The van der Waals surface area contributed by atoms with Gasteiger partial charge in [-0.1, -0.05) is 44.9 Å². The van der Waals surface area contributed by atoms with Crippen LogP contribution in [0.1, 0.15) is 26.7 Å². The average molecular weight is 178 g/mol. The lowest BCUT2D eigenvalue weighted by Crippen LogP contribution is -2.09. The van der Waals surface area contributed by atoms with E-state index in [9.17, 15) is 0 Å². The molecule has 0 atom stereocenters. The molecule has 0 radical (unpaired) electrons. The summed E-state index contributed by atoms with van der Waals surface area (Å²) in [5.41, 5.74) is 0. The first-order chi connectivity index (χ1) is 6.36. The lowest BCUT2D eigenvalue weighted by atomic mass is 10.1. The van der Waals surface area contributed by atoms with E-state index < -0.39 is 0 Å². The predicted octanol–water partition coefficient (Wildman–Crippen LogP) is 3.50. The molecule has 1 aromatic carbocycles. The van der Waals surface area contributed by atoms with E-state index in [1.54, 1.807) is 0 Å². The first-order valence-corrected chi connectivity index (χ1v) is 5.04. The van der Waals surface area contributed by atoms with Crippen molar-refractivity contribution in [2.24, 2.45) is 5.92 Å². The standard InChI is InChI=1S/C12H18O/c1-3-11(4-2)10-13-12-8-6-5-7-9-12/h5-9,11H,3-4,10H2,1-2H3. The maximum absolute atomic E-state index is 5.65. The van der Waals surface area contributed by atoms with Crippen molar-refractivity contribution in [3.8, 4) is 5.75 Å². The zero-order chi connectivity index (χ0) is 9.52. The molecule has 72 valence electrons. The molecule has 0 aliphatic heterocycles. The molecule has 0 aliphatic rings. The molecule has 0 aromatic heterocycles. The summed E-state index contributed by atoms with van der Waals surface area (Å²) in [6, 6.07) is 10.0. The molecule has 1 nitrogen and oxygen atoms in total. The van der Waals surface area contributed by atoms with Gasteiger partial charge in [-0.2, -0.15) is 0 Å². The topological polar surface area (TPSA) is 9.23 Å². The molecule has 1 heteroatoms. The van der Waals surface area contributed by atoms with Crippen LogP contribution in [0.3, 0.4) is 0 Å². The third-order valence-corrected chi connectivity index (χ3v) is 2.38. The highest BCUT2D eigenvalue weighted by molar-refractivity contribution is 5.20. The highest BCUT2D eigenvalue weighted by Crippen LogP contribution is 2.13. The van der Waals surface area contributed by atoms with E-state index in [4.69, 9.17) is 4.74 Å². The maximum atomic E-state index is 5.65. The fourth-order valence-corrected chi connectivity index (χ4v) is 1.26. The summed E-state index contributed by atoms with van der Waals surface area (Å²) in [4.78, 5) is 0. The quantitative estimate of drug-likeness (QED) is 0.670. The SMILES string of the molecule is CCC(CC)COc1ccccc1. The molecule has 0 heterocycles. The van der Waals surface area contributed by atoms with Crippen LogP contribution in [0.15, 0.2) is 30.3 Å². The van der Waals surface area contributed by atoms with Gasteiger partial charge in [0.05, 0.1) is 6.61 Å². The second-order valence-corrected chi connectivity index (χ2v) is 3.31. The molecule has 0 amide bonds. The average Bonchev–Trinajstić information content (AvgIpc) is 2.21. The molecule has 1 rings (SSSR count). The second-order valence-electron chi connectivity index (χ2n) is 3.31. The van der Waals surface area contributed by atoms with Gasteiger partial charge in [-0.05, 0) is 18.1 Å². The van der Waals surface area contributed by atoms with Crippen molar-refractivity contribution in [3.63, 3.8) is 0 Å². The zero-order valence-corrected chi connectivity index (χ0v) is 8.49. The van der Waals surface area contributed by atoms with Crippen LogP contribution in [-0.2, 0) is 0 Å². The lowest BCUT2D eigenvalue weighted by molar-refractivity contribution is 0.240. The van der Waals surface area contributed by atoms with E-state index in [-0.39, 0.29) is 0 Å². The minimum Gasteiger partial charge on any atom is -0.493 e. The molecule has 0 aliphatic carbocycles. The number of rotatable bonds is 5. The van der Waals surface area contributed by atoms with Gasteiger partial charge >= 0.3 is 0 Å². The summed E-state index contributed by atoms with van der Waals surface area (Å²) in [5.74, 6) is 1.68. The number of ether oxygens (including phenoxy) is 1. The van der Waals surface area contributed by atoms with Gasteiger partial charge < -0.3 is 4.74 Å². The Hall–Kier alpha value is -0.980. The molecule has 0 spiro atoms. The Kier molecular flexibility index (Phi) is 4.37. The van der Waals surface area contributed by atoms with Crippen LogP contribution in [0.4, 0.5) is 0 Å². The largest absolute Gasteiger partial charge is 0.493 e. The Morgan fingerprint density at radius 1 is 1.08 bits per heavy atom. The molecular weight excluding hydrogens is 160 g/mol. The van der Waals surface area contributed by atoms with Gasteiger partial charge in [0.2, 0.25) is 0 Å². The number of hydrogen-bond donors (Lipinski definition) is 0. The third-order valence-electron chi connectivity index (χ3n) is 2.38. The summed E-state index contributed by atoms with van der Waals surface area (Å²) < 4.78 is 5.65. The van der Waals surface area contributed by atoms with Crippen molar-refractivity contribution in [2.45, 2.75) is 26.7 Å². The van der Waals surface area contributed by atoms with Crippen LogP contribution in [0.5, 0.6) is 5.75 Å². The molecule has 0 saturated carbocycles. The van der Waals surface area contributed by atoms with Crippen LogP contribution >= 0.6 is 0 Å². The molecule has 0 saturated heterocycles. The zero-order valence-electron chi connectivity index (χ0n) is 8.49. The van der Waals surface area contributed by atoms with E-state index in [1.165, 1.54) is 12.8 Å². The van der Waals surface area contributed by atoms with Crippen LogP contribution in [0.25, 0.3) is 0 Å². The van der Waals surface area contributed by atoms with Crippen molar-refractivity contribution in [3.05, 3.63) is 30.3 Å². The van der Waals surface area contributed by atoms with Crippen molar-refractivity contribution >= 4 is 0 Å². The first kappa shape index (κ1) is 10.1.